The van der Waals surface area contributed by atoms with Crippen molar-refractivity contribution in [3.05, 3.63) is 47.7 Å². The van der Waals surface area contributed by atoms with E-state index in [1.54, 1.807) is 38.5 Å². The molecule has 0 fully saturated rings. The molecule has 0 unspecified atom stereocenters. The van der Waals surface area contributed by atoms with E-state index >= 15 is 0 Å². The smallest absolute Gasteiger partial charge is 0.257 e. The van der Waals surface area contributed by atoms with Gasteiger partial charge in [0.25, 0.3) is 5.91 Å². The zero-order chi connectivity index (χ0) is 21.0. The number of benzene rings is 2. The minimum absolute atomic E-state index is 0.338. The van der Waals surface area contributed by atoms with Crippen molar-refractivity contribution in [2.75, 3.05) is 33.8 Å². The van der Waals surface area contributed by atoms with E-state index in [-0.39, 0.29) is 5.91 Å². The third-order valence-corrected chi connectivity index (χ3v) is 4.46. The minimum atomic E-state index is -0.338. The van der Waals surface area contributed by atoms with Crippen LogP contribution in [0.3, 0.4) is 0 Å². The van der Waals surface area contributed by atoms with Crippen LogP contribution >= 0.6 is 0 Å². The van der Waals surface area contributed by atoms with E-state index < -0.39 is 0 Å². The Hall–Kier alpha value is -3.68. The number of methoxy groups -OCH3 is 4. The third-order valence-electron chi connectivity index (χ3n) is 4.46. The van der Waals surface area contributed by atoms with Gasteiger partial charge in [0.1, 0.15) is 11.5 Å². The lowest BCUT2D eigenvalue weighted by molar-refractivity contribution is 0.102. The number of ether oxygens (including phenoxy) is 4. The lowest BCUT2D eigenvalue weighted by atomic mass is 10.0. The summed E-state index contributed by atoms with van der Waals surface area (Å²) in [6, 6.07) is 10.5. The van der Waals surface area contributed by atoms with Crippen molar-refractivity contribution in [3.63, 3.8) is 0 Å². The molecule has 8 nitrogen and oxygen atoms in total. The monoisotopic (exact) mass is 397 g/mol. The molecule has 0 saturated heterocycles. The number of amides is 1. The summed E-state index contributed by atoms with van der Waals surface area (Å²) >= 11 is 0. The van der Waals surface area contributed by atoms with Gasteiger partial charge in [0, 0.05) is 22.9 Å². The average molecular weight is 397 g/mol. The zero-order valence-corrected chi connectivity index (χ0v) is 17.0. The van der Waals surface area contributed by atoms with Crippen LogP contribution in [0, 0.1) is 6.92 Å². The maximum Gasteiger partial charge on any atom is 0.257 e. The van der Waals surface area contributed by atoms with Gasteiger partial charge in [0.15, 0.2) is 17.3 Å². The standard InChI is InChI=1S/C21H23N3O5/c1-12-19(13-6-7-17(28-4)18(10-13)29-5)20(24-23-12)22-21(25)14-8-15(26-2)11-16(9-14)27-3/h6-11H,1-5H3,(H2,22,23,24,25). The molecular formula is C21H23N3O5. The Kier molecular flexibility index (Phi) is 5.92. The van der Waals surface area contributed by atoms with Crippen LogP contribution in [-0.2, 0) is 0 Å². The molecule has 0 spiro atoms. The summed E-state index contributed by atoms with van der Waals surface area (Å²) in [5.74, 6) is 2.31. The first-order chi connectivity index (χ1) is 14.0. The van der Waals surface area contributed by atoms with Gasteiger partial charge in [0.05, 0.1) is 28.4 Å². The second kappa shape index (κ2) is 8.55. The second-order valence-electron chi connectivity index (χ2n) is 6.20. The molecule has 2 aromatic carbocycles. The molecule has 152 valence electrons. The molecule has 0 aliphatic rings. The molecule has 0 bridgehead atoms. The molecule has 0 aliphatic heterocycles. The van der Waals surface area contributed by atoms with Crippen molar-refractivity contribution in [3.8, 4) is 34.1 Å². The Morgan fingerprint density at radius 2 is 1.55 bits per heavy atom. The molecule has 3 rings (SSSR count). The lowest BCUT2D eigenvalue weighted by Crippen LogP contribution is -2.13. The fraction of sp³-hybridized carbons (Fsp3) is 0.238. The van der Waals surface area contributed by atoms with E-state index in [4.69, 9.17) is 18.9 Å². The van der Waals surface area contributed by atoms with Gasteiger partial charge in [-0.05, 0) is 36.8 Å². The van der Waals surface area contributed by atoms with Gasteiger partial charge < -0.3 is 24.3 Å². The Morgan fingerprint density at radius 1 is 0.897 bits per heavy atom. The summed E-state index contributed by atoms with van der Waals surface area (Å²) in [6.07, 6.45) is 0. The van der Waals surface area contributed by atoms with Gasteiger partial charge in [-0.3, -0.25) is 9.89 Å². The first kappa shape index (κ1) is 20.1. The van der Waals surface area contributed by atoms with Crippen LogP contribution in [0.1, 0.15) is 16.1 Å². The highest BCUT2D eigenvalue weighted by Gasteiger charge is 2.18. The van der Waals surface area contributed by atoms with Gasteiger partial charge in [0.2, 0.25) is 0 Å². The Balaban J connectivity index is 1.96. The van der Waals surface area contributed by atoms with Crippen molar-refractivity contribution in [1.82, 2.24) is 10.2 Å². The van der Waals surface area contributed by atoms with Crippen molar-refractivity contribution in [2.24, 2.45) is 0 Å². The normalized spacial score (nSPS) is 10.4. The topological polar surface area (TPSA) is 94.7 Å². The van der Waals surface area contributed by atoms with E-state index in [9.17, 15) is 4.79 Å². The van der Waals surface area contributed by atoms with Gasteiger partial charge in [-0.15, -0.1) is 0 Å². The molecule has 2 N–H and O–H groups in total. The Bertz CT molecular complexity index is 1010. The molecule has 3 aromatic rings. The fourth-order valence-corrected chi connectivity index (χ4v) is 2.98. The van der Waals surface area contributed by atoms with Crippen LogP contribution in [0.4, 0.5) is 5.82 Å². The number of hydrogen-bond acceptors (Lipinski definition) is 6. The summed E-state index contributed by atoms with van der Waals surface area (Å²) in [4.78, 5) is 12.8. The average Bonchev–Trinajstić information content (AvgIpc) is 3.12. The molecular weight excluding hydrogens is 374 g/mol. The fourth-order valence-electron chi connectivity index (χ4n) is 2.98. The first-order valence-electron chi connectivity index (χ1n) is 8.82. The van der Waals surface area contributed by atoms with Gasteiger partial charge >= 0.3 is 0 Å². The molecule has 8 heteroatoms. The van der Waals surface area contributed by atoms with Gasteiger partial charge in [-0.25, -0.2) is 0 Å². The summed E-state index contributed by atoms with van der Waals surface area (Å²) in [7, 11) is 6.21. The number of carbonyl (C=O) groups excluding carboxylic acids is 1. The van der Waals surface area contributed by atoms with E-state index in [0.29, 0.717) is 34.4 Å². The van der Waals surface area contributed by atoms with Gasteiger partial charge in [-0.2, -0.15) is 5.10 Å². The van der Waals surface area contributed by atoms with Crippen LogP contribution in [0.5, 0.6) is 23.0 Å². The number of hydrogen-bond donors (Lipinski definition) is 2. The van der Waals surface area contributed by atoms with E-state index in [0.717, 1.165) is 16.8 Å². The summed E-state index contributed by atoms with van der Waals surface area (Å²) in [5.41, 5.74) is 2.78. The second-order valence-corrected chi connectivity index (χ2v) is 6.20. The minimum Gasteiger partial charge on any atom is -0.497 e. The predicted molar refractivity (Wildman–Crippen MR) is 109 cm³/mol. The lowest BCUT2D eigenvalue weighted by Gasteiger charge is -2.11. The Labute approximate surface area is 168 Å². The number of H-pyrrole nitrogens is 1. The van der Waals surface area contributed by atoms with Gasteiger partial charge in [-0.1, -0.05) is 6.07 Å². The van der Waals surface area contributed by atoms with E-state index in [1.807, 2.05) is 19.1 Å². The zero-order valence-electron chi connectivity index (χ0n) is 17.0. The van der Waals surface area contributed by atoms with Crippen LogP contribution in [-0.4, -0.2) is 44.5 Å². The number of aryl methyl sites for hydroxylation is 1. The molecule has 0 radical (unpaired) electrons. The number of carbonyl (C=O) groups is 1. The molecule has 0 aliphatic carbocycles. The highest BCUT2D eigenvalue weighted by molar-refractivity contribution is 6.06. The largest absolute Gasteiger partial charge is 0.497 e. The number of anilines is 1. The van der Waals surface area contributed by atoms with Crippen LogP contribution in [0.2, 0.25) is 0 Å². The number of aromatic amines is 1. The van der Waals surface area contributed by atoms with E-state index in [1.165, 1.54) is 14.2 Å². The van der Waals surface area contributed by atoms with Crippen molar-refractivity contribution >= 4 is 11.7 Å². The number of rotatable bonds is 7. The molecule has 29 heavy (non-hydrogen) atoms. The molecule has 1 amide bonds. The molecule has 1 aromatic heterocycles. The SMILES string of the molecule is COc1cc(OC)cc(C(=O)Nc2n[nH]c(C)c2-c2ccc(OC)c(OC)c2)c1. The van der Waals surface area contributed by atoms with Crippen molar-refractivity contribution in [1.29, 1.82) is 0 Å². The van der Waals surface area contributed by atoms with Crippen LogP contribution in [0.25, 0.3) is 11.1 Å². The first-order valence-corrected chi connectivity index (χ1v) is 8.82. The molecule has 0 atom stereocenters. The quantitative estimate of drug-likeness (QED) is 0.632. The number of nitrogens with one attached hydrogen (secondary N) is 2. The van der Waals surface area contributed by atoms with Crippen LogP contribution in [0.15, 0.2) is 36.4 Å². The maximum atomic E-state index is 12.8. The predicted octanol–water partition coefficient (Wildman–Crippen LogP) is 3.67. The molecule has 0 saturated carbocycles. The summed E-state index contributed by atoms with van der Waals surface area (Å²) in [6.45, 7) is 1.88. The number of nitrogens with zero attached hydrogens (tertiary/aromatic N) is 1. The maximum absolute atomic E-state index is 12.8. The van der Waals surface area contributed by atoms with Crippen molar-refractivity contribution < 1.29 is 23.7 Å². The van der Waals surface area contributed by atoms with E-state index in [2.05, 4.69) is 15.5 Å². The highest BCUT2D eigenvalue weighted by atomic mass is 16.5. The molecule has 1 heterocycles. The highest BCUT2D eigenvalue weighted by Crippen LogP contribution is 2.36. The van der Waals surface area contributed by atoms with Crippen LogP contribution < -0.4 is 24.3 Å². The Morgan fingerprint density at radius 3 is 2.14 bits per heavy atom. The summed E-state index contributed by atoms with van der Waals surface area (Å²) < 4.78 is 21.1. The number of aromatic nitrogens is 2. The van der Waals surface area contributed by atoms with Crippen molar-refractivity contribution in [2.45, 2.75) is 6.92 Å². The third kappa shape index (κ3) is 4.11. The summed E-state index contributed by atoms with van der Waals surface area (Å²) in [5, 5.41) is 10.0.